The maximum Gasteiger partial charge on any atom is 0.251 e. The van der Waals surface area contributed by atoms with Crippen molar-refractivity contribution in [2.45, 2.75) is 64.3 Å². The van der Waals surface area contributed by atoms with Crippen LogP contribution in [0.2, 0.25) is 10.0 Å². The molecule has 8 heteroatoms. The quantitative estimate of drug-likeness (QED) is 0.172. The number of hydrogen-bond acceptors (Lipinski definition) is 4. The molecular weight excluding hydrogens is 533 g/mol. The topological polar surface area (TPSA) is 70.7 Å². The maximum atomic E-state index is 12.7. The van der Waals surface area contributed by atoms with Crippen molar-refractivity contribution < 1.29 is 14.3 Å². The Morgan fingerprint density at radius 1 is 1.00 bits per heavy atom. The first-order valence-corrected chi connectivity index (χ1v) is 14.9. The van der Waals surface area contributed by atoms with Crippen LogP contribution in [0.3, 0.4) is 0 Å². The molecule has 39 heavy (non-hydrogen) atoms. The number of nitrogens with one attached hydrogen (secondary N) is 2. The molecule has 0 radical (unpaired) electrons. The van der Waals surface area contributed by atoms with Gasteiger partial charge in [0, 0.05) is 37.3 Å². The van der Waals surface area contributed by atoms with Crippen molar-refractivity contribution in [2.75, 3.05) is 32.8 Å². The van der Waals surface area contributed by atoms with E-state index in [4.69, 9.17) is 27.9 Å². The van der Waals surface area contributed by atoms with Crippen molar-refractivity contribution in [3.63, 3.8) is 0 Å². The molecule has 3 rings (SSSR count). The van der Waals surface area contributed by atoms with Gasteiger partial charge >= 0.3 is 0 Å². The van der Waals surface area contributed by atoms with Crippen LogP contribution < -0.4 is 15.4 Å². The van der Waals surface area contributed by atoms with Gasteiger partial charge in [-0.25, -0.2) is 0 Å². The summed E-state index contributed by atoms with van der Waals surface area (Å²) in [5, 5.41) is 7.05. The van der Waals surface area contributed by atoms with E-state index in [-0.39, 0.29) is 17.9 Å². The Bertz CT molecular complexity index is 1080. The van der Waals surface area contributed by atoms with Crippen LogP contribution in [0.1, 0.15) is 74.2 Å². The smallest absolute Gasteiger partial charge is 0.251 e. The lowest BCUT2D eigenvalue weighted by atomic mass is 10.1. The van der Waals surface area contributed by atoms with Crippen LogP contribution in [0.25, 0.3) is 6.08 Å². The van der Waals surface area contributed by atoms with Crippen molar-refractivity contribution in [2.24, 2.45) is 0 Å². The molecule has 0 spiro atoms. The van der Waals surface area contributed by atoms with Crippen molar-refractivity contribution in [1.82, 2.24) is 15.5 Å². The molecule has 1 aliphatic rings. The summed E-state index contributed by atoms with van der Waals surface area (Å²) >= 11 is 11.9. The van der Waals surface area contributed by atoms with Crippen molar-refractivity contribution in [3.05, 3.63) is 69.7 Å². The van der Waals surface area contributed by atoms with Crippen molar-refractivity contribution in [3.8, 4) is 5.75 Å². The summed E-state index contributed by atoms with van der Waals surface area (Å²) < 4.78 is 5.77. The lowest BCUT2D eigenvalue weighted by molar-refractivity contribution is -0.116. The van der Waals surface area contributed by atoms with Gasteiger partial charge in [0.1, 0.15) is 5.75 Å². The Morgan fingerprint density at radius 3 is 2.56 bits per heavy atom. The largest absolute Gasteiger partial charge is 0.494 e. The molecule has 1 aliphatic heterocycles. The Labute approximate surface area is 243 Å². The Hall–Kier alpha value is -2.54. The highest BCUT2D eigenvalue weighted by Crippen LogP contribution is 2.23. The fraction of sp³-hybridized carbons (Fsp3) is 0.484. The van der Waals surface area contributed by atoms with Crippen molar-refractivity contribution in [1.29, 1.82) is 0 Å². The highest BCUT2D eigenvalue weighted by atomic mass is 35.5. The molecule has 2 aromatic carbocycles. The summed E-state index contributed by atoms with van der Waals surface area (Å²) in [7, 11) is 0. The SMILES string of the molecule is CCCCCCOc1ccc(C(=O)N[C@H]2CCN(CCCCCNC(=O)/C=C/c3ccc(Cl)c(Cl)c3)C2)cc1. The molecule has 0 unspecified atom stereocenters. The van der Waals surface area contributed by atoms with E-state index in [1.165, 1.54) is 25.3 Å². The van der Waals surface area contributed by atoms with Gasteiger partial charge in [0.25, 0.3) is 5.91 Å². The number of likely N-dealkylation sites (tertiary alicyclic amines) is 1. The molecule has 2 amide bonds. The Morgan fingerprint density at radius 2 is 1.79 bits per heavy atom. The van der Waals surface area contributed by atoms with Crippen LogP contribution in [0.4, 0.5) is 0 Å². The van der Waals surface area contributed by atoms with E-state index in [1.807, 2.05) is 30.3 Å². The number of nitrogens with zero attached hydrogens (tertiary/aromatic N) is 1. The minimum absolute atomic E-state index is 0.0275. The fourth-order valence-electron chi connectivity index (χ4n) is 4.54. The van der Waals surface area contributed by atoms with Gasteiger partial charge in [-0.15, -0.1) is 0 Å². The van der Waals surface area contributed by atoms with E-state index in [2.05, 4.69) is 22.5 Å². The van der Waals surface area contributed by atoms with E-state index in [1.54, 1.807) is 18.2 Å². The first-order chi connectivity index (χ1) is 18.9. The van der Waals surface area contributed by atoms with Crippen LogP contribution in [0.15, 0.2) is 48.5 Å². The highest BCUT2D eigenvalue weighted by molar-refractivity contribution is 6.42. The summed E-state index contributed by atoms with van der Waals surface area (Å²) in [4.78, 5) is 27.1. The summed E-state index contributed by atoms with van der Waals surface area (Å²) in [5.41, 5.74) is 1.50. The molecule has 1 heterocycles. The Kier molecular flexibility index (Phi) is 13.7. The van der Waals surface area contributed by atoms with Crippen LogP contribution in [-0.4, -0.2) is 55.5 Å². The van der Waals surface area contributed by atoms with Gasteiger partial charge in [0.2, 0.25) is 5.91 Å². The maximum absolute atomic E-state index is 12.7. The molecular formula is C31H41Cl2N3O3. The van der Waals surface area contributed by atoms with Crippen LogP contribution in [-0.2, 0) is 4.79 Å². The minimum Gasteiger partial charge on any atom is -0.494 e. The standard InChI is InChI=1S/C31H41Cl2N3O3/c1-2-3-4-8-21-39-27-13-11-25(12-14-27)31(38)35-26-17-20-36(23-26)19-7-5-6-18-34-30(37)16-10-24-9-15-28(32)29(33)22-24/h9-16,22,26H,2-8,17-21,23H2,1H3,(H,34,37)(H,35,38)/b16-10+/t26-/m0/s1. The molecule has 1 atom stereocenters. The van der Waals surface area contributed by atoms with Gasteiger partial charge in [-0.2, -0.15) is 0 Å². The first kappa shape index (κ1) is 31.0. The van der Waals surface area contributed by atoms with Crippen LogP contribution >= 0.6 is 23.2 Å². The van der Waals surface area contributed by atoms with Gasteiger partial charge in [-0.1, -0.05) is 61.9 Å². The molecule has 0 aliphatic carbocycles. The first-order valence-electron chi connectivity index (χ1n) is 14.1. The molecule has 0 saturated carbocycles. The average molecular weight is 575 g/mol. The zero-order valence-electron chi connectivity index (χ0n) is 22.9. The number of carbonyl (C=O) groups is 2. The van der Waals surface area contributed by atoms with E-state index in [0.717, 1.165) is 69.7 Å². The van der Waals surface area contributed by atoms with Crippen molar-refractivity contribution >= 4 is 41.1 Å². The summed E-state index contributed by atoms with van der Waals surface area (Å²) in [5.74, 6) is 0.665. The lowest BCUT2D eigenvalue weighted by Crippen LogP contribution is -2.37. The predicted octanol–water partition coefficient (Wildman–Crippen LogP) is 6.76. The van der Waals surface area contributed by atoms with Gasteiger partial charge in [-0.05, 0) is 80.3 Å². The zero-order chi connectivity index (χ0) is 27.9. The van der Waals surface area contributed by atoms with E-state index in [0.29, 0.717) is 22.2 Å². The average Bonchev–Trinajstić information content (AvgIpc) is 3.38. The van der Waals surface area contributed by atoms with Gasteiger partial charge in [0.05, 0.1) is 16.7 Å². The van der Waals surface area contributed by atoms with E-state index < -0.39 is 0 Å². The molecule has 1 fully saturated rings. The highest BCUT2D eigenvalue weighted by Gasteiger charge is 2.23. The third-order valence-corrected chi connectivity index (χ3v) is 7.55. The summed E-state index contributed by atoms with van der Waals surface area (Å²) in [6.45, 7) is 6.43. The van der Waals surface area contributed by atoms with Gasteiger partial charge in [-0.3, -0.25) is 9.59 Å². The number of carbonyl (C=O) groups excluding carboxylic acids is 2. The second-order valence-electron chi connectivity index (χ2n) is 10.1. The van der Waals surface area contributed by atoms with Crippen LogP contribution in [0, 0.1) is 0 Å². The molecule has 2 N–H and O–H groups in total. The number of rotatable bonds is 16. The third-order valence-electron chi connectivity index (χ3n) is 6.81. The Balaban J connectivity index is 1.24. The number of hydrogen-bond donors (Lipinski definition) is 2. The summed E-state index contributed by atoms with van der Waals surface area (Å²) in [6, 6.07) is 12.9. The van der Waals surface area contributed by atoms with Gasteiger partial charge in [0.15, 0.2) is 0 Å². The monoisotopic (exact) mass is 573 g/mol. The number of benzene rings is 2. The third kappa shape index (κ3) is 11.6. The number of unbranched alkanes of at least 4 members (excludes halogenated alkanes) is 5. The van der Waals surface area contributed by atoms with E-state index in [9.17, 15) is 9.59 Å². The van der Waals surface area contributed by atoms with Crippen LogP contribution in [0.5, 0.6) is 5.75 Å². The fourth-order valence-corrected chi connectivity index (χ4v) is 4.85. The molecule has 2 aromatic rings. The molecule has 1 saturated heterocycles. The van der Waals surface area contributed by atoms with E-state index >= 15 is 0 Å². The second-order valence-corrected chi connectivity index (χ2v) is 10.9. The minimum atomic E-state index is -0.122. The number of halogens is 2. The van der Waals surface area contributed by atoms with Gasteiger partial charge < -0.3 is 20.3 Å². The zero-order valence-corrected chi connectivity index (χ0v) is 24.4. The number of amides is 2. The normalized spacial score (nSPS) is 15.5. The molecule has 0 bridgehead atoms. The predicted molar refractivity (Wildman–Crippen MR) is 161 cm³/mol. The molecule has 6 nitrogen and oxygen atoms in total. The lowest BCUT2D eigenvalue weighted by Gasteiger charge is -2.17. The molecule has 212 valence electrons. The number of ether oxygens (including phenoxy) is 1. The molecule has 0 aromatic heterocycles. The summed E-state index contributed by atoms with van der Waals surface area (Å²) in [6.07, 6.45) is 11.9. The second kappa shape index (κ2) is 17.2.